The van der Waals surface area contributed by atoms with Crippen LogP contribution in [0.25, 0.3) is 22.6 Å². The Morgan fingerprint density at radius 1 is 1.11 bits per heavy atom. The van der Waals surface area contributed by atoms with Crippen LogP contribution < -0.4 is 10.3 Å². The van der Waals surface area contributed by atoms with Crippen LogP contribution in [-0.4, -0.2) is 19.1 Å². The number of fused-ring (bicyclic) bond motifs is 2. The Bertz CT molecular complexity index is 746. The van der Waals surface area contributed by atoms with Crippen LogP contribution in [0.15, 0.2) is 45.6 Å². The minimum Gasteiger partial charge on any atom is -0.453 e. The smallest absolute Gasteiger partial charge is 0.231 e. The van der Waals surface area contributed by atoms with Gasteiger partial charge in [-0.3, -0.25) is 4.79 Å². The average Bonchev–Trinajstić information content (AvgIpc) is 2.37. The quantitative estimate of drug-likeness (QED) is 0.612. The summed E-state index contributed by atoms with van der Waals surface area (Å²) in [5.41, 5.74) is 2.26. The van der Waals surface area contributed by atoms with Gasteiger partial charge in [0.05, 0.1) is 5.69 Å². The van der Waals surface area contributed by atoms with E-state index >= 15 is 0 Å². The van der Waals surface area contributed by atoms with E-state index in [2.05, 4.69) is 4.98 Å². The molecule has 0 N–H and O–H groups in total. The van der Waals surface area contributed by atoms with Crippen molar-refractivity contribution in [3.8, 4) is 11.5 Å². The first-order valence-corrected chi connectivity index (χ1v) is 5.67. The molecule has 3 rings (SSSR count). The Hall–Kier alpha value is -2.36. The average molecular weight is 240 g/mol. The number of rotatable bonds is 1. The molecule has 0 radical (unpaired) electrons. The van der Waals surface area contributed by atoms with Gasteiger partial charge in [0.2, 0.25) is 5.43 Å². The topological polar surface area (TPSA) is 46.3 Å². The molecule has 90 valence electrons. The summed E-state index contributed by atoms with van der Waals surface area (Å²) >= 11 is 0. The third-order valence-corrected chi connectivity index (χ3v) is 2.87. The maximum atomic E-state index is 12.2. The van der Waals surface area contributed by atoms with Gasteiger partial charge in [-0.05, 0) is 24.3 Å². The minimum absolute atomic E-state index is 0.105. The molecule has 0 bridgehead atoms. The summed E-state index contributed by atoms with van der Waals surface area (Å²) in [7, 11) is 3.67. The van der Waals surface area contributed by atoms with E-state index in [1.54, 1.807) is 17.0 Å². The van der Waals surface area contributed by atoms with Gasteiger partial charge in [-0.25, -0.2) is 4.98 Å². The molecule has 18 heavy (non-hydrogen) atoms. The fourth-order valence-corrected chi connectivity index (χ4v) is 1.96. The highest BCUT2D eigenvalue weighted by Crippen LogP contribution is 2.24. The van der Waals surface area contributed by atoms with Crippen molar-refractivity contribution < 1.29 is 4.42 Å². The van der Waals surface area contributed by atoms with Crippen LogP contribution in [0, 0.1) is 0 Å². The van der Waals surface area contributed by atoms with Gasteiger partial charge in [-0.2, -0.15) is 0 Å². The van der Waals surface area contributed by atoms with Gasteiger partial charge in [0, 0.05) is 14.1 Å². The second kappa shape index (κ2) is 3.84. The van der Waals surface area contributed by atoms with Gasteiger partial charge in [-0.15, -0.1) is 0 Å². The Balaban J connectivity index is 2.41. The Kier molecular flexibility index (Phi) is 2.30. The van der Waals surface area contributed by atoms with Gasteiger partial charge in [0.15, 0.2) is 17.0 Å². The van der Waals surface area contributed by atoms with Crippen molar-refractivity contribution >= 4 is 16.8 Å². The van der Waals surface area contributed by atoms with E-state index in [1.165, 1.54) is 0 Å². The van der Waals surface area contributed by atoms with E-state index < -0.39 is 0 Å². The molecule has 0 saturated carbocycles. The monoisotopic (exact) mass is 240 g/mol. The minimum atomic E-state index is -0.105. The molecular formula is C14H12N2O2. The van der Waals surface area contributed by atoms with Crippen molar-refractivity contribution in [2.24, 2.45) is 0 Å². The van der Waals surface area contributed by atoms with E-state index in [0.717, 1.165) is 0 Å². The number of anilines is 1. The van der Waals surface area contributed by atoms with Crippen LogP contribution in [0.5, 0.6) is 0 Å². The van der Waals surface area contributed by atoms with Crippen LogP contribution in [0.4, 0.5) is 5.69 Å². The molecule has 0 aromatic heterocycles. The summed E-state index contributed by atoms with van der Waals surface area (Å²) in [6, 6.07) is 11.0. The summed E-state index contributed by atoms with van der Waals surface area (Å²) < 4.78 is 5.68. The van der Waals surface area contributed by atoms with Gasteiger partial charge in [0.1, 0.15) is 5.52 Å². The molecule has 0 amide bonds. The van der Waals surface area contributed by atoms with Crippen molar-refractivity contribution in [3.05, 3.63) is 46.6 Å². The van der Waals surface area contributed by atoms with E-state index in [9.17, 15) is 4.79 Å². The Labute approximate surface area is 104 Å². The molecule has 0 fully saturated rings. The predicted molar refractivity (Wildman–Crippen MR) is 71.2 cm³/mol. The van der Waals surface area contributed by atoms with Crippen LogP contribution >= 0.6 is 0 Å². The zero-order valence-corrected chi connectivity index (χ0v) is 10.2. The first-order chi connectivity index (χ1) is 8.66. The molecule has 1 aromatic rings. The van der Waals surface area contributed by atoms with E-state index in [1.807, 2.05) is 38.4 Å². The van der Waals surface area contributed by atoms with E-state index in [4.69, 9.17) is 4.42 Å². The molecule has 4 heteroatoms. The number of para-hydroxylation sites is 2. The standard InChI is InChI=1S/C14H12N2O2/c1-16(2)10-7-8-12-13(14(10)17)15-9-5-3-4-6-11(9)18-12/h3-8H,1-2H3. The summed E-state index contributed by atoms with van der Waals surface area (Å²) in [5, 5.41) is 0. The van der Waals surface area contributed by atoms with Crippen molar-refractivity contribution in [3.63, 3.8) is 0 Å². The molecule has 1 aliphatic carbocycles. The maximum Gasteiger partial charge on any atom is 0.231 e. The number of aromatic nitrogens is 1. The van der Waals surface area contributed by atoms with Crippen molar-refractivity contribution in [2.45, 2.75) is 0 Å². The molecule has 0 spiro atoms. The van der Waals surface area contributed by atoms with Gasteiger partial charge < -0.3 is 9.32 Å². The highest BCUT2D eigenvalue weighted by atomic mass is 16.3. The molecule has 1 aromatic carbocycles. The van der Waals surface area contributed by atoms with Crippen molar-refractivity contribution in [1.29, 1.82) is 0 Å². The molecule has 1 aliphatic heterocycles. The van der Waals surface area contributed by atoms with Crippen LogP contribution in [0.3, 0.4) is 0 Å². The number of benzene rings is 2. The van der Waals surface area contributed by atoms with E-state index in [0.29, 0.717) is 28.2 Å². The van der Waals surface area contributed by atoms with Crippen molar-refractivity contribution in [2.75, 3.05) is 19.0 Å². The fraction of sp³-hybridized carbons (Fsp3) is 0.143. The number of hydrogen-bond donors (Lipinski definition) is 0. The molecular weight excluding hydrogens is 228 g/mol. The lowest BCUT2D eigenvalue weighted by atomic mass is 10.2. The largest absolute Gasteiger partial charge is 0.453 e. The maximum absolute atomic E-state index is 12.2. The lowest BCUT2D eigenvalue weighted by Crippen LogP contribution is -2.20. The highest BCUT2D eigenvalue weighted by molar-refractivity contribution is 5.77. The predicted octanol–water partition coefficient (Wildman–Crippen LogP) is 2.36. The lowest BCUT2D eigenvalue weighted by Gasteiger charge is -2.13. The lowest BCUT2D eigenvalue weighted by molar-refractivity contribution is 0.612. The molecule has 0 unspecified atom stereocenters. The van der Waals surface area contributed by atoms with Gasteiger partial charge in [-0.1, -0.05) is 12.1 Å². The highest BCUT2D eigenvalue weighted by Gasteiger charge is 2.16. The molecule has 0 atom stereocenters. The summed E-state index contributed by atoms with van der Waals surface area (Å²) in [6.45, 7) is 0. The first-order valence-electron chi connectivity index (χ1n) is 5.67. The zero-order chi connectivity index (χ0) is 12.7. The molecule has 4 nitrogen and oxygen atoms in total. The van der Waals surface area contributed by atoms with E-state index in [-0.39, 0.29) is 5.43 Å². The third-order valence-electron chi connectivity index (χ3n) is 2.87. The summed E-state index contributed by atoms with van der Waals surface area (Å²) in [6.07, 6.45) is 0. The normalized spacial score (nSPS) is 11.0. The van der Waals surface area contributed by atoms with Gasteiger partial charge >= 0.3 is 0 Å². The second-order valence-electron chi connectivity index (χ2n) is 4.34. The molecule has 0 saturated heterocycles. The Morgan fingerprint density at radius 2 is 1.89 bits per heavy atom. The van der Waals surface area contributed by atoms with Gasteiger partial charge in [0.25, 0.3) is 0 Å². The number of nitrogens with zero attached hydrogens (tertiary/aromatic N) is 2. The third kappa shape index (κ3) is 1.54. The Morgan fingerprint density at radius 3 is 2.67 bits per heavy atom. The zero-order valence-electron chi connectivity index (χ0n) is 10.2. The first kappa shape index (κ1) is 10.8. The van der Waals surface area contributed by atoms with Crippen LogP contribution in [0.1, 0.15) is 0 Å². The number of hydrogen-bond acceptors (Lipinski definition) is 4. The SMILES string of the molecule is CN(C)c1ccc2oc3ccccc3nc-2c1=O. The van der Waals surface area contributed by atoms with Crippen LogP contribution in [-0.2, 0) is 0 Å². The summed E-state index contributed by atoms with van der Waals surface area (Å²) in [5.74, 6) is 0.518. The fourth-order valence-electron chi connectivity index (χ4n) is 1.96. The molecule has 1 heterocycles. The molecule has 2 aliphatic rings. The second-order valence-corrected chi connectivity index (χ2v) is 4.34. The van der Waals surface area contributed by atoms with Crippen LogP contribution in [0.2, 0.25) is 0 Å². The van der Waals surface area contributed by atoms with Crippen molar-refractivity contribution in [1.82, 2.24) is 4.98 Å². The summed E-state index contributed by atoms with van der Waals surface area (Å²) in [4.78, 5) is 18.4.